The quantitative estimate of drug-likeness (QED) is 0.343. The Morgan fingerprint density at radius 2 is 1.58 bits per heavy atom. The van der Waals surface area contributed by atoms with Gasteiger partial charge in [-0.05, 0) is 82.3 Å². The second-order valence-corrected chi connectivity index (χ2v) is 14.9. The smallest absolute Gasteiger partial charge is 0.336 e. The van der Waals surface area contributed by atoms with E-state index < -0.39 is 39.4 Å². The molecule has 45 heavy (non-hydrogen) atoms. The number of nitrogens with zero attached hydrogens (tertiary/aromatic N) is 3. The molecule has 2 amide bonds. The molecule has 0 aromatic heterocycles. The SMILES string of the molecule is Cc1cc(C(=O)N2CCN(C(C)(C)C)CC2)ccc1CCS(=O)(=O)N1CCC(C(=O)NC(=N)c2cccc(C(F)(F)F)c2)CC1. The summed E-state index contributed by atoms with van der Waals surface area (Å²) in [7, 11) is -3.62. The molecular weight excluding hydrogens is 607 g/mol. The number of nitrogens with one attached hydrogen (secondary N) is 2. The second kappa shape index (κ2) is 13.6. The van der Waals surface area contributed by atoms with Gasteiger partial charge in [-0.1, -0.05) is 18.2 Å². The fraction of sp³-hybridized carbons (Fsp3) is 0.531. The molecule has 2 aromatic rings. The summed E-state index contributed by atoms with van der Waals surface area (Å²) in [4.78, 5) is 30.1. The van der Waals surface area contributed by atoms with Crippen LogP contribution in [0, 0.1) is 18.3 Å². The molecule has 2 fully saturated rings. The van der Waals surface area contributed by atoms with Crippen molar-refractivity contribution in [1.82, 2.24) is 19.4 Å². The molecule has 2 N–H and O–H groups in total. The maximum absolute atomic E-state index is 13.1. The van der Waals surface area contributed by atoms with Crippen LogP contribution in [0.1, 0.15) is 66.2 Å². The third-order valence-electron chi connectivity index (χ3n) is 8.68. The first-order valence-electron chi connectivity index (χ1n) is 15.1. The van der Waals surface area contributed by atoms with Crippen LogP contribution >= 0.6 is 0 Å². The maximum Gasteiger partial charge on any atom is 0.416 e. The summed E-state index contributed by atoms with van der Waals surface area (Å²) < 4.78 is 66.7. The van der Waals surface area contributed by atoms with Crippen molar-refractivity contribution in [2.45, 2.75) is 58.7 Å². The van der Waals surface area contributed by atoms with Crippen LogP contribution in [0.4, 0.5) is 13.2 Å². The first kappa shape index (κ1) is 34.6. The van der Waals surface area contributed by atoms with E-state index >= 15 is 0 Å². The van der Waals surface area contributed by atoms with Crippen molar-refractivity contribution >= 4 is 27.7 Å². The monoisotopic (exact) mass is 649 g/mol. The summed E-state index contributed by atoms with van der Waals surface area (Å²) in [5, 5.41) is 10.4. The van der Waals surface area contributed by atoms with Gasteiger partial charge in [0.1, 0.15) is 5.84 Å². The Balaban J connectivity index is 1.26. The minimum atomic E-state index is -4.57. The number of rotatable bonds is 7. The Labute approximate surface area is 263 Å². The number of alkyl halides is 3. The Morgan fingerprint density at radius 1 is 0.933 bits per heavy atom. The summed E-state index contributed by atoms with van der Waals surface area (Å²) in [5.74, 6) is -1.66. The van der Waals surface area contributed by atoms with E-state index in [0.717, 1.165) is 36.3 Å². The van der Waals surface area contributed by atoms with Crippen molar-refractivity contribution in [3.63, 3.8) is 0 Å². The van der Waals surface area contributed by atoms with Gasteiger partial charge in [0.05, 0.1) is 11.3 Å². The number of sulfonamides is 1. The third-order valence-corrected chi connectivity index (χ3v) is 10.6. The van der Waals surface area contributed by atoms with E-state index in [9.17, 15) is 31.2 Å². The molecule has 9 nitrogen and oxygen atoms in total. The second-order valence-electron chi connectivity index (χ2n) is 12.8. The van der Waals surface area contributed by atoms with Crippen molar-refractivity contribution in [3.8, 4) is 0 Å². The van der Waals surface area contributed by atoms with E-state index in [2.05, 4.69) is 31.0 Å². The number of carbonyl (C=O) groups is 2. The predicted molar refractivity (Wildman–Crippen MR) is 167 cm³/mol. The molecule has 2 heterocycles. The zero-order valence-corrected chi connectivity index (χ0v) is 27.0. The van der Waals surface area contributed by atoms with Crippen LogP contribution in [0.25, 0.3) is 0 Å². The first-order valence-corrected chi connectivity index (χ1v) is 16.8. The van der Waals surface area contributed by atoms with E-state index in [1.807, 2.05) is 24.0 Å². The van der Waals surface area contributed by atoms with Crippen LogP contribution in [-0.4, -0.2) is 90.7 Å². The van der Waals surface area contributed by atoms with Crippen LogP contribution in [0.3, 0.4) is 0 Å². The molecule has 13 heteroatoms. The lowest BCUT2D eigenvalue weighted by atomic mass is 9.97. The molecule has 0 aliphatic carbocycles. The first-order chi connectivity index (χ1) is 21.0. The van der Waals surface area contributed by atoms with Crippen molar-refractivity contribution in [2.24, 2.45) is 5.92 Å². The normalized spacial score (nSPS) is 17.7. The summed E-state index contributed by atoms with van der Waals surface area (Å²) in [6, 6.07) is 9.58. The summed E-state index contributed by atoms with van der Waals surface area (Å²) in [5.41, 5.74) is 1.36. The minimum absolute atomic E-state index is 0.0253. The Morgan fingerprint density at radius 3 is 2.16 bits per heavy atom. The maximum atomic E-state index is 13.1. The lowest BCUT2D eigenvalue weighted by molar-refractivity contribution is -0.137. The highest BCUT2D eigenvalue weighted by atomic mass is 32.2. The Bertz CT molecular complexity index is 1520. The minimum Gasteiger partial charge on any atom is -0.336 e. The number of hydrogen-bond donors (Lipinski definition) is 2. The number of halogens is 3. The summed E-state index contributed by atoms with van der Waals surface area (Å²) in [6.07, 6.45) is -3.81. The van der Waals surface area contributed by atoms with E-state index in [1.165, 1.54) is 16.4 Å². The van der Waals surface area contributed by atoms with E-state index in [4.69, 9.17) is 5.41 Å². The fourth-order valence-electron chi connectivity index (χ4n) is 5.78. The summed E-state index contributed by atoms with van der Waals surface area (Å²) >= 11 is 0. The molecule has 0 atom stereocenters. The Hall–Kier alpha value is -3.29. The van der Waals surface area contributed by atoms with Gasteiger partial charge in [0.25, 0.3) is 5.91 Å². The molecule has 0 bridgehead atoms. The molecule has 2 aliphatic heterocycles. The molecule has 246 valence electrons. The van der Waals surface area contributed by atoms with Crippen LogP contribution < -0.4 is 5.32 Å². The van der Waals surface area contributed by atoms with Crippen LogP contribution in [0.5, 0.6) is 0 Å². The highest BCUT2D eigenvalue weighted by molar-refractivity contribution is 7.89. The topological polar surface area (TPSA) is 114 Å². The fourth-order valence-corrected chi connectivity index (χ4v) is 7.29. The molecule has 0 radical (unpaired) electrons. The molecule has 4 rings (SSSR count). The van der Waals surface area contributed by atoms with Gasteiger partial charge in [-0.3, -0.25) is 19.9 Å². The number of piperazine rings is 1. The van der Waals surface area contributed by atoms with Gasteiger partial charge in [0.2, 0.25) is 15.9 Å². The van der Waals surface area contributed by atoms with Gasteiger partial charge < -0.3 is 10.2 Å². The van der Waals surface area contributed by atoms with Crippen molar-refractivity contribution in [2.75, 3.05) is 45.0 Å². The lowest BCUT2D eigenvalue weighted by Crippen LogP contribution is -2.54. The van der Waals surface area contributed by atoms with Crippen LogP contribution in [-0.2, 0) is 27.4 Å². The van der Waals surface area contributed by atoms with E-state index in [0.29, 0.717) is 18.7 Å². The molecule has 0 saturated carbocycles. The van der Waals surface area contributed by atoms with Gasteiger partial charge in [0, 0.05) is 61.9 Å². The van der Waals surface area contributed by atoms with Gasteiger partial charge in [-0.25, -0.2) is 12.7 Å². The van der Waals surface area contributed by atoms with Gasteiger partial charge in [-0.15, -0.1) is 0 Å². The average Bonchev–Trinajstić information content (AvgIpc) is 2.99. The van der Waals surface area contributed by atoms with E-state index in [1.54, 1.807) is 6.07 Å². The molecule has 0 spiro atoms. The van der Waals surface area contributed by atoms with Crippen LogP contribution in [0.2, 0.25) is 0 Å². The average molecular weight is 650 g/mol. The number of amidine groups is 1. The third kappa shape index (κ3) is 8.71. The van der Waals surface area contributed by atoms with Crippen molar-refractivity contribution < 1.29 is 31.2 Å². The zero-order valence-electron chi connectivity index (χ0n) is 26.2. The zero-order chi connectivity index (χ0) is 33.2. The Kier molecular flexibility index (Phi) is 10.4. The molecule has 0 unspecified atom stereocenters. The predicted octanol–water partition coefficient (Wildman–Crippen LogP) is 4.30. The number of piperidine rings is 1. The number of aryl methyl sites for hydroxylation is 2. The van der Waals surface area contributed by atoms with Gasteiger partial charge in [-0.2, -0.15) is 13.2 Å². The van der Waals surface area contributed by atoms with Gasteiger partial charge in [0.15, 0.2) is 0 Å². The molecule has 2 aromatic carbocycles. The van der Waals surface area contributed by atoms with Crippen molar-refractivity contribution in [3.05, 3.63) is 70.3 Å². The summed E-state index contributed by atoms with van der Waals surface area (Å²) in [6.45, 7) is 11.6. The standard InChI is InChI=1S/C32H42F3N5O4S/c1-22-20-26(30(42)38-15-17-39(18-16-38)31(2,3)4)9-8-23(22)12-19-45(43,44)40-13-10-24(11-14-40)29(41)37-28(36)25-6-5-7-27(21-25)32(33,34)35/h5-9,20-21,24H,10-19H2,1-4H3,(H2,36,37,41). The largest absolute Gasteiger partial charge is 0.416 e. The molecular formula is C32H42F3N5O4S. The molecule has 2 aliphatic rings. The van der Waals surface area contributed by atoms with Crippen molar-refractivity contribution in [1.29, 1.82) is 5.41 Å². The highest BCUT2D eigenvalue weighted by Gasteiger charge is 2.33. The lowest BCUT2D eigenvalue weighted by Gasteiger charge is -2.42. The van der Waals surface area contributed by atoms with Crippen LogP contribution in [0.15, 0.2) is 42.5 Å². The van der Waals surface area contributed by atoms with Gasteiger partial charge >= 0.3 is 6.18 Å². The molecule has 2 saturated heterocycles. The number of hydrogen-bond acceptors (Lipinski definition) is 6. The highest BCUT2D eigenvalue weighted by Crippen LogP contribution is 2.29. The number of benzene rings is 2. The number of carbonyl (C=O) groups excluding carboxylic acids is 2. The van der Waals surface area contributed by atoms with E-state index in [-0.39, 0.29) is 55.1 Å². The number of amides is 2.